The molecule has 0 spiro atoms. The van der Waals surface area contributed by atoms with Gasteiger partial charge in [0.1, 0.15) is 11.9 Å². The Morgan fingerprint density at radius 3 is 2.54 bits per heavy atom. The zero-order valence-corrected chi connectivity index (χ0v) is 22.4. The molecule has 7 nitrogen and oxygen atoms in total. The summed E-state index contributed by atoms with van der Waals surface area (Å²) in [6.07, 6.45) is 2.97. The predicted octanol–water partition coefficient (Wildman–Crippen LogP) is 5.37. The lowest BCUT2D eigenvalue weighted by Gasteiger charge is -2.38. The molecule has 2 aromatic carbocycles. The molecule has 0 radical (unpaired) electrons. The average Bonchev–Trinajstić information content (AvgIpc) is 2.87. The van der Waals surface area contributed by atoms with Crippen LogP contribution in [0.4, 0.5) is 5.69 Å². The highest BCUT2D eigenvalue weighted by Gasteiger charge is 2.34. The fourth-order valence-corrected chi connectivity index (χ4v) is 4.64. The maximum absolute atomic E-state index is 13.6. The predicted molar refractivity (Wildman–Crippen MR) is 146 cm³/mol. The smallest absolute Gasteiger partial charge is 0.259 e. The quantitative estimate of drug-likeness (QED) is 0.453. The van der Waals surface area contributed by atoms with E-state index < -0.39 is 0 Å². The molecule has 2 heterocycles. The summed E-state index contributed by atoms with van der Waals surface area (Å²) in [6, 6.07) is 16.4. The number of ether oxygens (including phenoxy) is 1. The Hall–Kier alpha value is -3.42. The van der Waals surface area contributed by atoms with Crippen LogP contribution in [0.5, 0.6) is 5.75 Å². The molecule has 1 aliphatic heterocycles. The summed E-state index contributed by atoms with van der Waals surface area (Å²) in [6.45, 7) is 8.00. The van der Waals surface area contributed by atoms with E-state index in [4.69, 9.17) is 16.3 Å². The first kappa shape index (κ1) is 26.6. The number of halogens is 1. The fraction of sp³-hybridized carbons (Fsp3) is 0.345. The molecular weight excluding hydrogens is 488 g/mol. The lowest BCUT2D eigenvalue weighted by molar-refractivity contribution is 0.0427. The Labute approximate surface area is 223 Å². The van der Waals surface area contributed by atoms with Gasteiger partial charge in [-0.2, -0.15) is 0 Å². The summed E-state index contributed by atoms with van der Waals surface area (Å²) in [4.78, 5) is 35.0. The molecule has 0 aliphatic carbocycles. The Bertz CT molecular complexity index is 1230. The van der Waals surface area contributed by atoms with Crippen LogP contribution >= 0.6 is 11.6 Å². The molecule has 1 N–H and O–H groups in total. The third-order valence-corrected chi connectivity index (χ3v) is 6.81. The molecule has 2 atom stereocenters. The van der Waals surface area contributed by atoms with Crippen molar-refractivity contribution in [3.8, 4) is 5.75 Å². The highest BCUT2D eigenvalue weighted by Crippen LogP contribution is 2.32. The third kappa shape index (κ3) is 6.48. The Morgan fingerprint density at radius 1 is 1.16 bits per heavy atom. The van der Waals surface area contributed by atoms with Gasteiger partial charge in [-0.05, 0) is 62.9 Å². The molecule has 1 aliphatic rings. The van der Waals surface area contributed by atoms with Crippen molar-refractivity contribution in [2.45, 2.75) is 39.5 Å². The number of hydrogen-bond acceptors (Lipinski definition) is 5. The van der Waals surface area contributed by atoms with Crippen molar-refractivity contribution in [1.82, 2.24) is 14.8 Å². The number of nitrogens with zero attached hydrogens (tertiary/aromatic N) is 3. The van der Waals surface area contributed by atoms with Gasteiger partial charge in [0.2, 0.25) is 0 Å². The molecule has 8 heteroatoms. The minimum Gasteiger partial charge on any atom is -0.487 e. The summed E-state index contributed by atoms with van der Waals surface area (Å²) in [5.41, 5.74) is 2.48. The number of likely N-dealkylation sites (N-methyl/N-ethyl adjacent to an activating group) is 1. The standard InChI is InChI=1S/C29H33ClN4O3/c1-19(2)34-16-20(3)26(18-33(4)17-21-8-10-22(30)11-9-21)37-27-24(6-5-7-25(27)29(34)36)28(35)32-23-12-14-31-15-13-23/h5-15,19-20,26H,16-18H2,1-4H3,(H,31,32,35)/t20-,26+/m0/s1. The van der Waals surface area contributed by atoms with Crippen LogP contribution in [0.1, 0.15) is 47.1 Å². The van der Waals surface area contributed by atoms with Gasteiger partial charge >= 0.3 is 0 Å². The molecule has 194 valence electrons. The van der Waals surface area contributed by atoms with Gasteiger partial charge in [-0.15, -0.1) is 0 Å². The highest BCUT2D eigenvalue weighted by molar-refractivity contribution is 6.30. The van der Waals surface area contributed by atoms with Crippen LogP contribution in [0.3, 0.4) is 0 Å². The summed E-state index contributed by atoms with van der Waals surface area (Å²) in [5.74, 6) is -0.124. The lowest BCUT2D eigenvalue weighted by atomic mass is 9.98. The minimum atomic E-state index is -0.339. The molecule has 3 aromatic rings. The molecule has 2 amide bonds. The van der Waals surface area contributed by atoms with Crippen LogP contribution in [-0.4, -0.2) is 58.9 Å². The van der Waals surface area contributed by atoms with Crippen LogP contribution in [0.25, 0.3) is 0 Å². The number of nitrogens with one attached hydrogen (secondary N) is 1. The molecule has 1 aromatic heterocycles. The Balaban J connectivity index is 1.66. The molecule has 0 saturated heterocycles. The molecule has 4 rings (SSSR count). The average molecular weight is 521 g/mol. The van der Waals surface area contributed by atoms with Gasteiger partial charge in [0.15, 0.2) is 0 Å². The normalized spacial score (nSPS) is 17.7. The van der Waals surface area contributed by atoms with Crippen LogP contribution < -0.4 is 10.1 Å². The largest absolute Gasteiger partial charge is 0.487 e. The number of carbonyl (C=O) groups excluding carboxylic acids is 2. The fourth-order valence-electron chi connectivity index (χ4n) is 4.51. The summed E-state index contributed by atoms with van der Waals surface area (Å²) in [5, 5.41) is 3.60. The van der Waals surface area contributed by atoms with Gasteiger partial charge in [0.05, 0.1) is 11.1 Å². The second kappa shape index (κ2) is 11.8. The summed E-state index contributed by atoms with van der Waals surface area (Å²) < 4.78 is 6.58. The highest BCUT2D eigenvalue weighted by atomic mass is 35.5. The summed E-state index contributed by atoms with van der Waals surface area (Å²) >= 11 is 6.05. The van der Waals surface area contributed by atoms with Gasteiger partial charge in [0.25, 0.3) is 11.8 Å². The first-order valence-electron chi connectivity index (χ1n) is 12.5. The summed E-state index contributed by atoms with van der Waals surface area (Å²) in [7, 11) is 2.04. The first-order chi connectivity index (χ1) is 17.7. The minimum absolute atomic E-state index is 0.00245. The number of anilines is 1. The Kier molecular flexibility index (Phi) is 8.46. The molecule has 0 saturated carbocycles. The van der Waals surface area contributed by atoms with E-state index in [1.54, 1.807) is 42.7 Å². The van der Waals surface area contributed by atoms with Crippen LogP contribution in [-0.2, 0) is 6.54 Å². The Morgan fingerprint density at radius 2 is 1.86 bits per heavy atom. The number of para-hydroxylation sites is 1. The number of carbonyl (C=O) groups is 2. The van der Waals surface area contributed by atoms with Crippen molar-refractivity contribution in [1.29, 1.82) is 0 Å². The maximum atomic E-state index is 13.6. The van der Waals surface area contributed by atoms with E-state index in [0.29, 0.717) is 47.2 Å². The van der Waals surface area contributed by atoms with Gasteiger partial charge in [-0.25, -0.2) is 0 Å². The second-order valence-corrected chi connectivity index (χ2v) is 10.3. The van der Waals surface area contributed by atoms with Crippen LogP contribution in [0.2, 0.25) is 5.02 Å². The van der Waals surface area contributed by atoms with E-state index in [1.165, 1.54) is 0 Å². The number of aromatic nitrogens is 1. The van der Waals surface area contributed by atoms with Crippen molar-refractivity contribution in [2.24, 2.45) is 5.92 Å². The van der Waals surface area contributed by atoms with Gasteiger partial charge in [0, 0.05) is 54.7 Å². The van der Waals surface area contributed by atoms with Crippen molar-refractivity contribution >= 4 is 29.1 Å². The topological polar surface area (TPSA) is 74.8 Å². The van der Waals surface area contributed by atoms with E-state index in [-0.39, 0.29) is 29.9 Å². The van der Waals surface area contributed by atoms with Crippen LogP contribution in [0, 0.1) is 5.92 Å². The van der Waals surface area contributed by atoms with E-state index in [2.05, 4.69) is 22.1 Å². The van der Waals surface area contributed by atoms with Crippen molar-refractivity contribution in [3.63, 3.8) is 0 Å². The van der Waals surface area contributed by atoms with Crippen molar-refractivity contribution < 1.29 is 14.3 Å². The van der Waals surface area contributed by atoms with Crippen molar-refractivity contribution in [3.05, 3.63) is 88.7 Å². The molecular formula is C29H33ClN4O3. The van der Waals surface area contributed by atoms with E-state index in [1.807, 2.05) is 50.1 Å². The SMILES string of the molecule is CC(C)N1C[C@H](C)[C@@H](CN(C)Cc2ccc(Cl)cc2)Oc2c(C(=O)Nc3ccncc3)cccc2C1=O. The number of hydrogen-bond donors (Lipinski definition) is 1. The van der Waals surface area contributed by atoms with E-state index in [9.17, 15) is 9.59 Å². The van der Waals surface area contributed by atoms with Crippen LogP contribution in [0.15, 0.2) is 67.0 Å². The lowest BCUT2D eigenvalue weighted by Crippen LogP contribution is -2.48. The number of fused-ring (bicyclic) bond motifs is 1. The third-order valence-electron chi connectivity index (χ3n) is 6.56. The molecule has 0 fully saturated rings. The second-order valence-electron chi connectivity index (χ2n) is 9.88. The first-order valence-corrected chi connectivity index (χ1v) is 12.9. The molecule has 37 heavy (non-hydrogen) atoms. The zero-order valence-electron chi connectivity index (χ0n) is 21.6. The van der Waals surface area contributed by atoms with Gasteiger partial charge < -0.3 is 15.0 Å². The molecule has 0 bridgehead atoms. The van der Waals surface area contributed by atoms with Gasteiger partial charge in [-0.3, -0.25) is 19.5 Å². The zero-order chi connectivity index (χ0) is 26.5. The number of rotatable bonds is 7. The number of benzene rings is 2. The van der Waals surface area contributed by atoms with Gasteiger partial charge in [-0.1, -0.05) is 36.7 Å². The molecule has 0 unspecified atom stereocenters. The maximum Gasteiger partial charge on any atom is 0.259 e. The number of amides is 2. The van der Waals surface area contributed by atoms with E-state index in [0.717, 1.165) is 5.56 Å². The van der Waals surface area contributed by atoms with Crippen molar-refractivity contribution in [2.75, 3.05) is 25.5 Å². The monoisotopic (exact) mass is 520 g/mol. The number of pyridine rings is 1. The van der Waals surface area contributed by atoms with E-state index >= 15 is 0 Å².